The molecule has 0 saturated carbocycles. The summed E-state index contributed by atoms with van der Waals surface area (Å²) in [6.07, 6.45) is 1.37. The van der Waals surface area contributed by atoms with E-state index in [1.165, 1.54) is 36.4 Å². The summed E-state index contributed by atoms with van der Waals surface area (Å²) in [7, 11) is -3.72. The largest absolute Gasteiger partial charge is 0.448 e. The number of benzene rings is 1. The molecule has 34 heavy (non-hydrogen) atoms. The molecule has 2 aromatic rings. The number of H-pyrrole nitrogens is 1. The molecule has 0 aliphatic carbocycles. The van der Waals surface area contributed by atoms with E-state index >= 15 is 0 Å². The maximum absolute atomic E-state index is 13.0. The minimum Gasteiger partial charge on any atom is -0.448 e. The van der Waals surface area contributed by atoms with Crippen LogP contribution in [0.3, 0.4) is 0 Å². The van der Waals surface area contributed by atoms with Crippen molar-refractivity contribution in [1.82, 2.24) is 9.29 Å². The second-order valence-corrected chi connectivity index (χ2v) is 10.7. The summed E-state index contributed by atoms with van der Waals surface area (Å²) in [4.78, 5) is 39.9. The van der Waals surface area contributed by atoms with Gasteiger partial charge in [-0.1, -0.05) is 18.0 Å². The molecule has 1 aromatic carbocycles. The number of hydrogen-bond donors (Lipinski definition) is 2. The first-order chi connectivity index (χ1) is 15.9. The lowest BCUT2D eigenvalue weighted by atomic mass is 10.1. The Morgan fingerprint density at radius 3 is 2.38 bits per heavy atom. The highest BCUT2D eigenvalue weighted by molar-refractivity contribution is 7.89. The van der Waals surface area contributed by atoms with Gasteiger partial charge in [0, 0.05) is 24.3 Å². The summed E-state index contributed by atoms with van der Waals surface area (Å²) in [6.45, 7) is 6.97. The molecule has 11 heteroatoms. The van der Waals surface area contributed by atoms with Gasteiger partial charge < -0.3 is 15.0 Å². The zero-order valence-electron chi connectivity index (χ0n) is 19.5. The van der Waals surface area contributed by atoms with Gasteiger partial charge in [0.25, 0.3) is 5.91 Å². The molecule has 2 heterocycles. The summed E-state index contributed by atoms with van der Waals surface area (Å²) in [5.41, 5.74) is 1.57. The third kappa shape index (κ3) is 5.34. The van der Waals surface area contributed by atoms with Crippen molar-refractivity contribution in [1.29, 1.82) is 0 Å². The molecule has 1 aromatic heterocycles. The number of nitrogens with zero attached hydrogens (tertiary/aromatic N) is 1. The monoisotopic (exact) mass is 509 g/mol. The first-order valence-electron chi connectivity index (χ1n) is 10.9. The number of Topliss-reactive ketones (excluding diaryl/α,β-unsaturated/α-hetero) is 1. The molecule has 1 fully saturated rings. The van der Waals surface area contributed by atoms with Crippen LogP contribution in [-0.2, 0) is 19.6 Å². The van der Waals surface area contributed by atoms with Gasteiger partial charge in [0.05, 0.1) is 15.6 Å². The minimum absolute atomic E-state index is 0.0213. The Labute approximate surface area is 203 Å². The molecule has 0 bridgehead atoms. The maximum atomic E-state index is 13.0. The lowest BCUT2D eigenvalue weighted by molar-refractivity contribution is -0.123. The fourth-order valence-electron chi connectivity index (χ4n) is 4.00. The van der Waals surface area contributed by atoms with Crippen molar-refractivity contribution in [3.63, 3.8) is 0 Å². The molecule has 1 saturated heterocycles. The first kappa shape index (κ1) is 25.9. The van der Waals surface area contributed by atoms with Crippen molar-refractivity contribution in [3.05, 3.63) is 45.7 Å². The molecule has 2 N–H and O–H groups in total. The number of sulfonamides is 1. The van der Waals surface area contributed by atoms with E-state index in [1.54, 1.807) is 13.8 Å². The molecule has 0 radical (unpaired) electrons. The van der Waals surface area contributed by atoms with Crippen molar-refractivity contribution >= 4 is 45.0 Å². The number of carbonyl (C=O) groups is 3. The molecular formula is C23H28ClN3O6S. The fourth-order valence-corrected chi connectivity index (χ4v) is 5.71. The number of nitrogens with one attached hydrogen (secondary N) is 2. The van der Waals surface area contributed by atoms with Gasteiger partial charge in [-0.25, -0.2) is 13.2 Å². The SMILES string of the molecule is CC(=O)c1c(C)[nH]c(C(=O)OC(C)C(=O)Nc2cc(S(=O)(=O)N3CCCCC3)ccc2Cl)c1C. The fraction of sp³-hybridized carbons (Fsp3) is 0.435. The minimum atomic E-state index is -3.72. The van der Waals surface area contributed by atoms with E-state index in [4.69, 9.17) is 16.3 Å². The van der Waals surface area contributed by atoms with Crippen LogP contribution in [0.5, 0.6) is 0 Å². The average molecular weight is 510 g/mol. The van der Waals surface area contributed by atoms with Gasteiger partial charge in [-0.15, -0.1) is 0 Å². The maximum Gasteiger partial charge on any atom is 0.355 e. The Bertz CT molecular complexity index is 1230. The Morgan fingerprint density at radius 2 is 1.79 bits per heavy atom. The van der Waals surface area contributed by atoms with E-state index in [-0.39, 0.29) is 27.1 Å². The lowest BCUT2D eigenvalue weighted by Gasteiger charge is -2.26. The van der Waals surface area contributed by atoms with Gasteiger partial charge in [-0.2, -0.15) is 4.31 Å². The molecule has 1 aliphatic rings. The smallest absolute Gasteiger partial charge is 0.355 e. The van der Waals surface area contributed by atoms with Gasteiger partial charge in [-0.3, -0.25) is 9.59 Å². The summed E-state index contributed by atoms with van der Waals surface area (Å²) in [5, 5.41) is 2.68. The number of aryl methyl sites for hydroxylation is 1. The number of amides is 1. The number of halogens is 1. The zero-order valence-corrected chi connectivity index (χ0v) is 21.1. The molecule has 9 nitrogen and oxygen atoms in total. The van der Waals surface area contributed by atoms with Gasteiger partial charge >= 0.3 is 5.97 Å². The molecular weight excluding hydrogens is 482 g/mol. The van der Waals surface area contributed by atoms with E-state index in [1.807, 2.05) is 0 Å². The first-order valence-corrected chi connectivity index (χ1v) is 12.8. The Kier molecular flexibility index (Phi) is 7.84. The predicted octanol–water partition coefficient (Wildman–Crippen LogP) is 3.85. The van der Waals surface area contributed by atoms with Crippen LogP contribution < -0.4 is 5.32 Å². The number of carbonyl (C=O) groups excluding carboxylic acids is 3. The number of rotatable bonds is 7. The number of aromatic amines is 1. The Morgan fingerprint density at radius 1 is 1.15 bits per heavy atom. The van der Waals surface area contributed by atoms with Gasteiger partial charge in [-0.05, 0) is 64.3 Å². The van der Waals surface area contributed by atoms with Crippen molar-refractivity contribution in [3.8, 4) is 0 Å². The molecule has 3 rings (SSSR count). The van der Waals surface area contributed by atoms with E-state index in [2.05, 4.69) is 10.3 Å². The number of aromatic nitrogens is 1. The molecule has 1 aliphatic heterocycles. The van der Waals surface area contributed by atoms with Gasteiger partial charge in [0.15, 0.2) is 11.9 Å². The van der Waals surface area contributed by atoms with Crippen LogP contribution in [0.15, 0.2) is 23.1 Å². The molecule has 0 spiro atoms. The Hall–Kier alpha value is -2.69. The van der Waals surface area contributed by atoms with E-state index in [0.717, 1.165) is 19.3 Å². The molecule has 1 amide bonds. The van der Waals surface area contributed by atoms with Crippen molar-refractivity contribution in [2.75, 3.05) is 18.4 Å². The lowest BCUT2D eigenvalue weighted by Crippen LogP contribution is -2.35. The highest BCUT2D eigenvalue weighted by Crippen LogP contribution is 2.28. The number of ketones is 1. The topological polar surface area (TPSA) is 126 Å². The average Bonchev–Trinajstić information content (AvgIpc) is 3.09. The van der Waals surface area contributed by atoms with Crippen molar-refractivity contribution < 1.29 is 27.5 Å². The molecule has 1 atom stereocenters. The summed E-state index contributed by atoms with van der Waals surface area (Å²) in [6, 6.07) is 4.10. The van der Waals surface area contributed by atoms with Gasteiger partial charge in [0.2, 0.25) is 10.0 Å². The third-order valence-electron chi connectivity index (χ3n) is 5.80. The predicted molar refractivity (Wildman–Crippen MR) is 128 cm³/mol. The summed E-state index contributed by atoms with van der Waals surface area (Å²) >= 11 is 6.19. The van der Waals surface area contributed by atoms with E-state index < -0.39 is 28.0 Å². The second-order valence-electron chi connectivity index (χ2n) is 8.32. The number of anilines is 1. The quantitative estimate of drug-likeness (QED) is 0.431. The molecule has 184 valence electrons. The van der Waals surface area contributed by atoms with E-state index in [0.29, 0.717) is 29.9 Å². The molecule has 1 unspecified atom stereocenters. The highest BCUT2D eigenvalue weighted by atomic mass is 35.5. The van der Waals surface area contributed by atoms with E-state index in [9.17, 15) is 22.8 Å². The zero-order chi connectivity index (χ0) is 25.2. The van der Waals surface area contributed by atoms with Crippen molar-refractivity contribution in [2.45, 2.75) is 58.0 Å². The number of esters is 1. The third-order valence-corrected chi connectivity index (χ3v) is 8.02. The number of piperidine rings is 1. The Balaban J connectivity index is 1.74. The van der Waals surface area contributed by atoms with Crippen LogP contribution in [0.4, 0.5) is 5.69 Å². The van der Waals surface area contributed by atoms with Crippen molar-refractivity contribution in [2.24, 2.45) is 0 Å². The van der Waals surface area contributed by atoms with Crippen LogP contribution in [0, 0.1) is 13.8 Å². The second kappa shape index (κ2) is 10.3. The van der Waals surface area contributed by atoms with Crippen LogP contribution in [0.25, 0.3) is 0 Å². The van der Waals surface area contributed by atoms with Crippen LogP contribution >= 0.6 is 11.6 Å². The van der Waals surface area contributed by atoms with Crippen LogP contribution in [0.2, 0.25) is 5.02 Å². The van der Waals surface area contributed by atoms with Crippen LogP contribution in [-0.4, -0.2) is 54.6 Å². The van der Waals surface area contributed by atoms with Gasteiger partial charge in [0.1, 0.15) is 5.69 Å². The summed E-state index contributed by atoms with van der Waals surface area (Å²) in [5.74, 6) is -1.66. The highest BCUT2D eigenvalue weighted by Gasteiger charge is 2.28. The standard InChI is InChI=1S/C23H28ClN3O6S/c1-13-20(15(3)28)14(2)25-21(13)23(30)33-16(4)22(29)26-19-12-17(8-9-18(19)24)34(31,32)27-10-6-5-7-11-27/h8-9,12,16,25H,5-7,10-11H2,1-4H3,(H,26,29). The number of ether oxygens (including phenoxy) is 1. The summed E-state index contributed by atoms with van der Waals surface area (Å²) < 4.78 is 32.6. The normalized spacial score (nSPS) is 15.6. The van der Waals surface area contributed by atoms with Crippen LogP contribution in [0.1, 0.15) is 65.2 Å². The number of hydrogen-bond acceptors (Lipinski definition) is 6.